The van der Waals surface area contributed by atoms with Crippen molar-refractivity contribution in [1.82, 2.24) is 10.2 Å². The minimum Gasteiger partial charge on any atom is -0.309 e. The average Bonchev–Trinajstić information content (AvgIpc) is 2.78. The molecule has 4 rings (SSSR count). The lowest BCUT2D eigenvalue weighted by Crippen LogP contribution is -2.65. The van der Waals surface area contributed by atoms with Crippen molar-refractivity contribution in [2.75, 3.05) is 34.2 Å². The molecule has 4 heterocycles. The van der Waals surface area contributed by atoms with Crippen molar-refractivity contribution in [1.29, 1.82) is 0 Å². The molecule has 3 fully saturated rings. The van der Waals surface area contributed by atoms with Crippen molar-refractivity contribution in [2.24, 2.45) is 5.10 Å². The predicted octanol–water partition coefficient (Wildman–Crippen LogP) is 2.17. The van der Waals surface area contributed by atoms with E-state index in [1.165, 1.54) is 19.5 Å². The highest BCUT2D eigenvalue weighted by Crippen LogP contribution is 2.27. The second-order valence-electron chi connectivity index (χ2n) is 6.43. The molecule has 0 aromatic rings. The van der Waals surface area contributed by atoms with Crippen molar-refractivity contribution in [3.05, 3.63) is 23.9 Å². The molecule has 4 aliphatic heterocycles. The van der Waals surface area contributed by atoms with Crippen molar-refractivity contribution >= 4 is 12.0 Å². The van der Waals surface area contributed by atoms with Crippen LogP contribution in [-0.2, 0) is 4.79 Å². The van der Waals surface area contributed by atoms with Crippen LogP contribution in [-0.4, -0.2) is 67.8 Å². The van der Waals surface area contributed by atoms with E-state index in [9.17, 15) is 4.79 Å². The van der Waals surface area contributed by atoms with Crippen LogP contribution in [0.25, 0.3) is 0 Å². The molecule has 2 unspecified atom stereocenters. The van der Waals surface area contributed by atoms with Gasteiger partial charge in [-0.1, -0.05) is 38.5 Å². The molecule has 5 heteroatoms. The molecule has 23 heavy (non-hydrogen) atoms. The molecule has 0 spiro atoms. The molecule has 0 aromatic heterocycles. The van der Waals surface area contributed by atoms with Gasteiger partial charge in [-0.2, -0.15) is 4.59 Å². The first-order chi connectivity index (χ1) is 10.9. The number of piperazine rings is 1. The fourth-order valence-corrected chi connectivity index (χ4v) is 3.45. The molecule has 1 N–H and O–H groups in total. The summed E-state index contributed by atoms with van der Waals surface area (Å²) in [6.45, 7) is 12.3. The number of quaternary nitrogens is 1. The smallest absolute Gasteiger partial charge is 0.174 e. The van der Waals surface area contributed by atoms with Gasteiger partial charge in [-0.25, -0.2) is 0 Å². The molecule has 0 amide bonds. The van der Waals surface area contributed by atoms with Gasteiger partial charge in [-0.3, -0.25) is 4.79 Å². The van der Waals surface area contributed by atoms with Gasteiger partial charge in [-0.05, 0) is 13.5 Å². The molecule has 0 aliphatic carbocycles. The minimum absolute atomic E-state index is 0.423. The molecular formula is C18H33N4O+. The van der Waals surface area contributed by atoms with Crippen molar-refractivity contribution in [3.8, 4) is 0 Å². The third kappa shape index (κ3) is 4.59. The molecule has 0 aromatic carbocycles. The molecule has 2 atom stereocenters. The van der Waals surface area contributed by atoms with E-state index in [2.05, 4.69) is 35.9 Å². The normalized spacial score (nSPS) is 27.7. The Labute approximate surface area is 141 Å². The first-order valence-corrected chi connectivity index (χ1v) is 8.61. The quantitative estimate of drug-likeness (QED) is 0.640. The Morgan fingerprint density at radius 1 is 1.35 bits per heavy atom. The Bertz CT molecular complexity index is 477. The maximum absolute atomic E-state index is 10.7. The lowest BCUT2D eigenvalue weighted by molar-refractivity contribution is -0.857. The number of aldehydes is 1. The SMILES string of the molecule is C=CC1=C(CC)[N+](C)(C)N=C1C=O.CC.CN1CC2CC(C1)N2. The van der Waals surface area contributed by atoms with E-state index < -0.39 is 0 Å². The van der Waals surface area contributed by atoms with E-state index in [0.29, 0.717) is 10.3 Å². The zero-order valence-corrected chi connectivity index (χ0v) is 15.6. The Morgan fingerprint density at radius 2 is 1.87 bits per heavy atom. The fourth-order valence-electron chi connectivity index (χ4n) is 3.45. The number of hydrogen-bond acceptors (Lipinski definition) is 4. The van der Waals surface area contributed by atoms with E-state index in [-0.39, 0.29) is 0 Å². The zero-order chi connectivity index (χ0) is 17.6. The van der Waals surface area contributed by atoms with E-state index >= 15 is 0 Å². The molecule has 3 saturated heterocycles. The maximum atomic E-state index is 10.7. The van der Waals surface area contributed by atoms with Crippen LogP contribution in [0.5, 0.6) is 0 Å². The number of carbonyl (C=O) groups is 1. The van der Waals surface area contributed by atoms with Crippen molar-refractivity contribution < 1.29 is 9.39 Å². The van der Waals surface area contributed by atoms with Crippen molar-refractivity contribution in [3.63, 3.8) is 0 Å². The highest BCUT2D eigenvalue weighted by molar-refractivity contribution is 6.37. The van der Waals surface area contributed by atoms with Gasteiger partial charge in [0.2, 0.25) is 0 Å². The zero-order valence-electron chi connectivity index (χ0n) is 15.6. The molecule has 0 radical (unpaired) electrons. The van der Waals surface area contributed by atoms with Gasteiger partial charge in [0.15, 0.2) is 12.0 Å². The third-order valence-corrected chi connectivity index (χ3v) is 4.36. The van der Waals surface area contributed by atoms with Crippen LogP contribution in [0.15, 0.2) is 29.0 Å². The minimum atomic E-state index is 0.423. The number of nitrogens with zero attached hydrogens (tertiary/aromatic N) is 3. The van der Waals surface area contributed by atoms with Gasteiger partial charge >= 0.3 is 0 Å². The van der Waals surface area contributed by atoms with E-state index in [1.807, 2.05) is 27.9 Å². The van der Waals surface area contributed by atoms with Crippen LogP contribution in [0.3, 0.4) is 0 Å². The molecule has 130 valence electrons. The lowest BCUT2D eigenvalue weighted by Gasteiger charge is -2.47. The van der Waals surface area contributed by atoms with Crippen LogP contribution >= 0.6 is 0 Å². The average molecular weight is 321 g/mol. The predicted molar refractivity (Wildman–Crippen MR) is 97.3 cm³/mol. The molecule has 4 aliphatic rings. The summed E-state index contributed by atoms with van der Waals surface area (Å²) in [6, 6.07) is 1.66. The largest absolute Gasteiger partial charge is 0.309 e. The molecule has 2 bridgehead atoms. The van der Waals surface area contributed by atoms with Crippen molar-refractivity contribution in [2.45, 2.75) is 45.7 Å². The molecule has 0 saturated carbocycles. The number of carbonyl (C=O) groups excluding carboxylic acids is 1. The monoisotopic (exact) mass is 321 g/mol. The maximum Gasteiger partial charge on any atom is 0.174 e. The number of hydrogen-bond donors (Lipinski definition) is 1. The summed E-state index contributed by atoms with van der Waals surface area (Å²) in [5.41, 5.74) is 2.54. The van der Waals surface area contributed by atoms with Crippen LogP contribution in [0.2, 0.25) is 0 Å². The van der Waals surface area contributed by atoms with Gasteiger partial charge in [0.25, 0.3) is 0 Å². The fraction of sp³-hybridized carbons (Fsp3) is 0.667. The number of nitrogens with one attached hydrogen (secondary N) is 1. The Hall–Kier alpha value is -1.30. The second kappa shape index (κ2) is 8.52. The summed E-state index contributed by atoms with van der Waals surface area (Å²) in [5, 5.41) is 7.75. The summed E-state index contributed by atoms with van der Waals surface area (Å²) in [5.74, 6) is 0. The van der Waals surface area contributed by atoms with E-state index in [1.54, 1.807) is 6.08 Å². The first-order valence-electron chi connectivity index (χ1n) is 8.61. The summed E-state index contributed by atoms with van der Waals surface area (Å²) in [6.07, 6.45) is 4.80. The van der Waals surface area contributed by atoms with Crippen LogP contribution in [0, 0.1) is 0 Å². The Balaban J connectivity index is 0.000000224. The number of rotatable bonds is 3. The number of fused-ring (bicyclic) bond motifs is 2. The van der Waals surface area contributed by atoms with Crippen LogP contribution in [0.4, 0.5) is 0 Å². The summed E-state index contributed by atoms with van der Waals surface area (Å²) >= 11 is 0. The standard InChI is InChI=1S/C10H15N2O.C6H12N2.C2H6/c1-5-8-9(7-13)11-12(3,4)10(8)6-2;1-8-3-5-2-6(4-8)7-5;1-2/h5,7H,1,6H2,2-4H3;5-7H,2-4H2,1H3;1-2H3/q+1;;. The van der Waals surface area contributed by atoms with E-state index in [0.717, 1.165) is 36.1 Å². The Kier molecular flexibility index (Phi) is 7.32. The lowest BCUT2D eigenvalue weighted by atomic mass is 9.92. The van der Waals surface area contributed by atoms with Gasteiger partial charge in [-0.15, -0.1) is 0 Å². The number of allylic oxidation sites excluding steroid dienone is 3. The van der Waals surface area contributed by atoms with Crippen LogP contribution in [0.1, 0.15) is 33.6 Å². The summed E-state index contributed by atoms with van der Waals surface area (Å²) in [4.78, 5) is 13.1. The summed E-state index contributed by atoms with van der Waals surface area (Å²) < 4.78 is 0.423. The van der Waals surface area contributed by atoms with E-state index in [4.69, 9.17) is 0 Å². The van der Waals surface area contributed by atoms with Gasteiger partial charge in [0.05, 0.1) is 19.7 Å². The number of piperidine rings is 1. The third-order valence-electron chi connectivity index (χ3n) is 4.36. The second-order valence-corrected chi connectivity index (χ2v) is 6.43. The highest BCUT2D eigenvalue weighted by Gasteiger charge is 2.34. The Morgan fingerprint density at radius 3 is 2.17 bits per heavy atom. The first kappa shape index (κ1) is 19.7. The molecule has 5 nitrogen and oxygen atoms in total. The molecular weight excluding hydrogens is 288 g/mol. The highest BCUT2D eigenvalue weighted by atomic mass is 16.1. The topological polar surface area (TPSA) is 44.7 Å². The van der Waals surface area contributed by atoms with Gasteiger partial charge < -0.3 is 10.2 Å². The van der Waals surface area contributed by atoms with Gasteiger partial charge in [0, 0.05) is 31.6 Å². The van der Waals surface area contributed by atoms with Gasteiger partial charge in [0.1, 0.15) is 5.70 Å². The number of likely N-dealkylation sites (N-methyl/N-ethyl adjacent to an activating group) is 1. The summed E-state index contributed by atoms with van der Waals surface area (Å²) in [7, 11) is 6.11. The van der Waals surface area contributed by atoms with Crippen LogP contribution < -0.4 is 5.32 Å².